The van der Waals surface area contributed by atoms with Crippen LogP contribution in [0.25, 0.3) is 6.08 Å². The largest absolute Gasteiger partial charge is 0.487 e. The molecule has 0 unspecified atom stereocenters. The quantitative estimate of drug-likeness (QED) is 0.244. The summed E-state index contributed by atoms with van der Waals surface area (Å²) in [6, 6.07) is 17.2. The molecule has 0 spiro atoms. The number of hydrogen-bond acceptors (Lipinski definition) is 4. The van der Waals surface area contributed by atoms with E-state index in [1.54, 1.807) is 29.2 Å². The summed E-state index contributed by atoms with van der Waals surface area (Å²) in [5.41, 5.74) is 2.28. The Morgan fingerprint density at radius 3 is 2.49 bits per heavy atom. The van der Waals surface area contributed by atoms with Gasteiger partial charge < -0.3 is 4.74 Å². The van der Waals surface area contributed by atoms with Crippen LogP contribution >= 0.6 is 55.2 Å². The van der Waals surface area contributed by atoms with Crippen LogP contribution in [0.5, 0.6) is 5.75 Å². The molecule has 0 radical (unpaired) electrons. The van der Waals surface area contributed by atoms with Crippen molar-refractivity contribution in [2.24, 2.45) is 4.99 Å². The number of benzene rings is 3. The fourth-order valence-corrected chi connectivity index (χ4v) is 5.97. The zero-order valence-corrected chi connectivity index (χ0v) is 23.3. The van der Waals surface area contributed by atoms with Gasteiger partial charge in [0, 0.05) is 11.6 Å². The van der Waals surface area contributed by atoms with Crippen molar-refractivity contribution in [1.29, 1.82) is 0 Å². The third kappa shape index (κ3) is 6.55. The molecule has 1 fully saturated rings. The Balaban J connectivity index is 1.57. The number of hydrogen-bond donors (Lipinski definition) is 0. The maximum Gasteiger partial charge on any atom is 0.266 e. The molecule has 9 heteroatoms. The number of amidine groups is 1. The van der Waals surface area contributed by atoms with Crippen LogP contribution in [0.2, 0.25) is 5.02 Å². The molecule has 35 heavy (non-hydrogen) atoms. The average Bonchev–Trinajstić information content (AvgIpc) is 3.09. The fraction of sp³-hybridized carbons (Fsp3) is 0.154. The number of nitrogens with zero attached hydrogens (tertiary/aromatic N) is 2. The maximum atomic E-state index is 13.4. The summed E-state index contributed by atoms with van der Waals surface area (Å²) in [5.74, 6) is 0.212. The minimum Gasteiger partial charge on any atom is -0.487 e. The number of carbonyl (C=O) groups is 1. The molecule has 1 heterocycles. The van der Waals surface area contributed by atoms with Crippen molar-refractivity contribution in [2.75, 3.05) is 6.54 Å². The van der Waals surface area contributed by atoms with Crippen molar-refractivity contribution < 1.29 is 13.9 Å². The van der Waals surface area contributed by atoms with Gasteiger partial charge in [-0.3, -0.25) is 9.69 Å². The Labute approximate surface area is 229 Å². The topological polar surface area (TPSA) is 41.9 Å². The van der Waals surface area contributed by atoms with Gasteiger partial charge in [-0.2, -0.15) is 0 Å². The van der Waals surface area contributed by atoms with Gasteiger partial charge >= 0.3 is 0 Å². The van der Waals surface area contributed by atoms with Crippen LogP contribution in [0.3, 0.4) is 0 Å². The second kappa shape index (κ2) is 11.7. The van der Waals surface area contributed by atoms with Crippen molar-refractivity contribution >= 4 is 78.1 Å². The highest BCUT2D eigenvalue weighted by Gasteiger charge is 2.32. The highest BCUT2D eigenvalue weighted by atomic mass is 79.9. The van der Waals surface area contributed by atoms with E-state index in [0.717, 1.165) is 23.2 Å². The molecule has 1 amide bonds. The first-order valence-electron chi connectivity index (χ1n) is 10.8. The van der Waals surface area contributed by atoms with E-state index in [-0.39, 0.29) is 18.3 Å². The van der Waals surface area contributed by atoms with Gasteiger partial charge in [0.1, 0.15) is 18.2 Å². The molecule has 0 aromatic heterocycles. The first-order chi connectivity index (χ1) is 16.8. The van der Waals surface area contributed by atoms with Crippen LogP contribution in [0.15, 0.2) is 79.5 Å². The van der Waals surface area contributed by atoms with Gasteiger partial charge in [0.25, 0.3) is 5.91 Å². The number of amides is 1. The van der Waals surface area contributed by atoms with E-state index in [0.29, 0.717) is 36.3 Å². The molecule has 0 N–H and O–H groups in total. The Hall–Kier alpha value is -2.13. The summed E-state index contributed by atoms with van der Waals surface area (Å²) in [6.07, 6.45) is 2.65. The molecule has 3 aromatic rings. The van der Waals surface area contributed by atoms with E-state index in [1.165, 1.54) is 23.9 Å². The molecule has 4 nitrogen and oxygen atoms in total. The van der Waals surface area contributed by atoms with Crippen LogP contribution in [0.4, 0.5) is 10.1 Å². The highest BCUT2D eigenvalue weighted by molar-refractivity contribution is 9.11. The van der Waals surface area contributed by atoms with Gasteiger partial charge in [-0.05, 0) is 116 Å². The van der Waals surface area contributed by atoms with Crippen molar-refractivity contribution in [1.82, 2.24) is 4.90 Å². The molecule has 1 aliphatic heterocycles. The summed E-state index contributed by atoms with van der Waals surface area (Å²) in [7, 11) is 0. The lowest BCUT2D eigenvalue weighted by Gasteiger charge is -2.14. The Kier molecular flexibility index (Phi) is 8.70. The van der Waals surface area contributed by atoms with Gasteiger partial charge in [-0.15, -0.1) is 0 Å². The Morgan fingerprint density at radius 1 is 1.11 bits per heavy atom. The summed E-state index contributed by atoms with van der Waals surface area (Å²) in [5, 5.41) is 1.27. The standard InChI is InChI=1S/C26H20Br2ClFN2O2S/c1-2-10-32-25(33)23(35-26(32)31-20-8-6-18(29)7-9-20)14-17-12-21(27)24(22(28)13-17)34-15-16-4-3-5-19(30)11-16/h3-9,11-14H,2,10,15H2,1H3/b23-14-,31-26?. The number of halogens is 4. The predicted molar refractivity (Wildman–Crippen MR) is 149 cm³/mol. The summed E-state index contributed by atoms with van der Waals surface area (Å²) >= 11 is 14.4. The molecule has 0 saturated carbocycles. The van der Waals surface area contributed by atoms with Crippen molar-refractivity contribution in [2.45, 2.75) is 20.0 Å². The van der Waals surface area contributed by atoms with E-state index < -0.39 is 0 Å². The van der Waals surface area contributed by atoms with E-state index in [4.69, 9.17) is 16.3 Å². The number of aliphatic imine (C=N–C) groups is 1. The van der Waals surface area contributed by atoms with E-state index >= 15 is 0 Å². The maximum absolute atomic E-state index is 13.4. The Bertz CT molecular complexity index is 1290. The van der Waals surface area contributed by atoms with Gasteiger partial charge in [0.2, 0.25) is 0 Å². The van der Waals surface area contributed by atoms with Crippen molar-refractivity contribution in [3.8, 4) is 5.75 Å². The zero-order valence-electron chi connectivity index (χ0n) is 18.6. The minimum absolute atomic E-state index is 0.0803. The van der Waals surface area contributed by atoms with Crippen LogP contribution in [-0.4, -0.2) is 22.5 Å². The van der Waals surface area contributed by atoms with Crippen molar-refractivity contribution in [3.63, 3.8) is 0 Å². The molecule has 3 aromatic carbocycles. The predicted octanol–water partition coefficient (Wildman–Crippen LogP) is 8.60. The van der Waals surface area contributed by atoms with Gasteiger partial charge in [-0.1, -0.05) is 30.7 Å². The van der Waals surface area contributed by atoms with Gasteiger partial charge in [0.05, 0.1) is 19.5 Å². The third-order valence-corrected chi connectivity index (χ3v) is 7.41. The van der Waals surface area contributed by atoms with Gasteiger partial charge in [-0.25, -0.2) is 9.38 Å². The smallest absolute Gasteiger partial charge is 0.266 e. The lowest BCUT2D eigenvalue weighted by atomic mass is 10.2. The molecule has 0 atom stereocenters. The normalized spacial score (nSPS) is 15.9. The highest BCUT2D eigenvalue weighted by Crippen LogP contribution is 2.39. The second-order valence-electron chi connectivity index (χ2n) is 7.67. The number of rotatable bonds is 7. The van der Waals surface area contributed by atoms with Crippen LogP contribution in [0.1, 0.15) is 24.5 Å². The Morgan fingerprint density at radius 2 is 1.83 bits per heavy atom. The van der Waals surface area contributed by atoms with Crippen LogP contribution in [0, 0.1) is 5.82 Å². The number of thioether (sulfide) groups is 1. The van der Waals surface area contributed by atoms with Gasteiger partial charge in [0.15, 0.2) is 5.17 Å². The molecule has 180 valence electrons. The SMILES string of the molecule is CCCN1C(=O)/C(=C/c2cc(Br)c(OCc3cccc(F)c3)c(Br)c2)SC1=Nc1ccc(Cl)cc1. The zero-order chi connectivity index (χ0) is 24.9. The summed E-state index contributed by atoms with van der Waals surface area (Å²) in [6.45, 7) is 2.83. The first kappa shape index (κ1) is 25.9. The van der Waals surface area contributed by atoms with E-state index in [9.17, 15) is 9.18 Å². The first-order valence-corrected chi connectivity index (χ1v) is 13.5. The molecule has 0 bridgehead atoms. The monoisotopic (exact) mass is 636 g/mol. The third-order valence-electron chi connectivity index (χ3n) is 4.98. The lowest BCUT2D eigenvalue weighted by molar-refractivity contribution is -0.122. The van der Waals surface area contributed by atoms with Crippen LogP contribution in [-0.2, 0) is 11.4 Å². The van der Waals surface area contributed by atoms with Crippen LogP contribution < -0.4 is 4.74 Å². The van der Waals surface area contributed by atoms with Crippen molar-refractivity contribution in [3.05, 3.63) is 96.5 Å². The minimum atomic E-state index is -0.305. The molecular weight excluding hydrogens is 619 g/mol. The number of ether oxygens (including phenoxy) is 1. The summed E-state index contributed by atoms with van der Waals surface area (Å²) < 4.78 is 20.8. The second-order valence-corrected chi connectivity index (χ2v) is 10.8. The molecule has 0 aliphatic carbocycles. The molecule has 4 rings (SSSR count). The number of carbonyl (C=O) groups excluding carboxylic acids is 1. The molecule has 1 saturated heterocycles. The molecular formula is C26H20Br2ClFN2O2S. The van der Waals surface area contributed by atoms with E-state index in [1.807, 2.05) is 37.3 Å². The van der Waals surface area contributed by atoms with E-state index in [2.05, 4.69) is 36.9 Å². The molecule has 1 aliphatic rings. The average molecular weight is 639 g/mol. The summed E-state index contributed by atoms with van der Waals surface area (Å²) in [4.78, 5) is 20.1. The lowest BCUT2D eigenvalue weighted by Crippen LogP contribution is -2.29. The fourth-order valence-electron chi connectivity index (χ4n) is 3.37.